The van der Waals surface area contributed by atoms with E-state index in [2.05, 4.69) is 6.92 Å². The van der Waals surface area contributed by atoms with Crippen LogP contribution in [0.1, 0.15) is 123 Å². The van der Waals surface area contributed by atoms with Crippen LogP contribution in [0.4, 0.5) is 0 Å². The first kappa shape index (κ1) is 25.9. The number of esters is 2. The number of carbonyl (C=O) groups excluding carboxylic acids is 2. The summed E-state index contributed by atoms with van der Waals surface area (Å²) in [7, 11) is 0. The predicted octanol–water partition coefficient (Wildman–Crippen LogP) is 6.74. The maximum Gasteiger partial charge on any atom is 0.417 e. The highest BCUT2D eigenvalue weighted by Gasteiger charge is 2.16. The van der Waals surface area contributed by atoms with E-state index >= 15 is 0 Å². The second-order valence-electron chi connectivity index (χ2n) is 7.58. The molecule has 0 heterocycles. The first-order chi connectivity index (χ1) is 13.2. The molecule has 0 spiro atoms. The van der Waals surface area contributed by atoms with Gasteiger partial charge >= 0.3 is 11.9 Å². The van der Waals surface area contributed by atoms with Crippen LogP contribution in [-0.2, 0) is 19.1 Å². The molecule has 0 unspecified atom stereocenters. The van der Waals surface area contributed by atoms with Crippen molar-refractivity contribution in [1.82, 2.24) is 0 Å². The molecule has 0 aromatic carbocycles. The zero-order valence-electron chi connectivity index (χ0n) is 18.1. The summed E-state index contributed by atoms with van der Waals surface area (Å²) in [4.78, 5) is 22.5. The summed E-state index contributed by atoms with van der Waals surface area (Å²) in [6.07, 6.45) is 21.7. The fourth-order valence-electron chi connectivity index (χ4n) is 3.13. The monoisotopic (exact) mass is 384 g/mol. The van der Waals surface area contributed by atoms with Gasteiger partial charge in [0.25, 0.3) is 0 Å². The van der Waals surface area contributed by atoms with Gasteiger partial charge in [-0.25, -0.2) is 9.59 Å². The van der Waals surface area contributed by atoms with E-state index in [0.29, 0.717) is 13.0 Å². The Hall–Kier alpha value is -1.06. The third-order valence-corrected chi connectivity index (χ3v) is 4.83. The van der Waals surface area contributed by atoms with E-state index in [0.717, 1.165) is 12.8 Å². The maximum absolute atomic E-state index is 11.3. The van der Waals surface area contributed by atoms with Crippen molar-refractivity contribution in [3.05, 3.63) is 0 Å². The molecule has 0 bridgehead atoms. The lowest BCUT2D eigenvalue weighted by Gasteiger charge is -2.05. The van der Waals surface area contributed by atoms with Crippen molar-refractivity contribution in [2.45, 2.75) is 123 Å². The van der Waals surface area contributed by atoms with E-state index in [9.17, 15) is 9.59 Å². The summed E-state index contributed by atoms with van der Waals surface area (Å²) in [6.45, 7) is 4.74. The molecule has 0 saturated heterocycles. The van der Waals surface area contributed by atoms with Crippen molar-refractivity contribution >= 4 is 11.9 Å². The number of ether oxygens (including phenoxy) is 2. The van der Waals surface area contributed by atoms with Gasteiger partial charge in [0.2, 0.25) is 0 Å². The first-order valence-corrected chi connectivity index (χ1v) is 11.6. The molecule has 0 aliphatic carbocycles. The van der Waals surface area contributed by atoms with E-state index in [1.165, 1.54) is 89.9 Å². The standard InChI is InChI=1S/C23H44O4/c1-3-5-6-7-8-9-10-11-12-13-14-15-16-17-18-19-21-27-23(25)22(24)26-20-4-2/h3-21H2,1-2H3. The Balaban J connectivity index is 3.16. The van der Waals surface area contributed by atoms with Crippen LogP contribution in [0.25, 0.3) is 0 Å². The third-order valence-electron chi connectivity index (χ3n) is 4.83. The van der Waals surface area contributed by atoms with Crippen LogP contribution >= 0.6 is 0 Å². The van der Waals surface area contributed by atoms with Gasteiger partial charge in [-0.2, -0.15) is 0 Å². The molecule has 0 fully saturated rings. The van der Waals surface area contributed by atoms with Crippen molar-refractivity contribution in [2.24, 2.45) is 0 Å². The molecule has 0 aromatic rings. The van der Waals surface area contributed by atoms with Gasteiger partial charge in [0, 0.05) is 0 Å². The lowest BCUT2D eigenvalue weighted by Crippen LogP contribution is -2.21. The van der Waals surface area contributed by atoms with Crippen LogP contribution in [0.2, 0.25) is 0 Å². The molecule has 0 saturated carbocycles. The SMILES string of the molecule is CCCCCCCCCCCCCCCCCCOC(=O)C(=O)OCCC. The number of unbranched alkanes of at least 4 members (excludes halogenated alkanes) is 15. The quantitative estimate of drug-likeness (QED) is 0.140. The fourth-order valence-corrected chi connectivity index (χ4v) is 3.13. The minimum absolute atomic E-state index is 0.271. The molecule has 0 aromatic heterocycles. The normalized spacial score (nSPS) is 10.7. The van der Waals surface area contributed by atoms with Gasteiger partial charge in [-0.3, -0.25) is 0 Å². The number of hydrogen-bond donors (Lipinski definition) is 0. The minimum atomic E-state index is -0.867. The number of hydrogen-bond acceptors (Lipinski definition) is 4. The molecule has 0 amide bonds. The van der Waals surface area contributed by atoms with Crippen molar-refractivity contribution in [3.8, 4) is 0 Å². The van der Waals surface area contributed by atoms with Gasteiger partial charge in [0.15, 0.2) is 0 Å². The van der Waals surface area contributed by atoms with Gasteiger partial charge in [0.1, 0.15) is 0 Å². The molecule has 0 aliphatic rings. The largest absolute Gasteiger partial charge is 0.457 e. The Kier molecular flexibility index (Phi) is 20.4. The Bertz CT molecular complexity index is 341. The molecule has 0 atom stereocenters. The summed E-state index contributed by atoms with van der Waals surface area (Å²) < 4.78 is 9.63. The highest BCUT2D eigenvalue weighted by molar-refractivity contribution is 6.29. The molecule has 0 radical (unpaired) electrons. The average Bonchev–Trinajstić information content (AvgIpc) is 2.68. The minimum Gasteiger partial charge on any atom is -0.457 e. The summed E-state index contributed by atoms with van der Waals surface area (Å²) in [5.41, 5.74) is 0. The Morgan fingerprint density at radius 3 is 1.15 bits per heavy atom. The van der Waals surface area contributed by atoms with E-state index in [4.69, 9.17) is 9.47 Å². The predicted molar refractivity (Wildman–Crippen MR) is 112 cm³/mol. The molecule has 0 N–H and O–H groups in total. The molecule has 4 heteroatoms. The zero-order valence-corrected chi connectivity index (χ0v) is 18.1. The summed E-state index contributed by atoms with van der Waals surface area (Å²) in [6, 6.07) is 0. The molecule has 4 nitrogen and oxygen atoms in total. The van der Waals surface area contributed by atoms with Crippen molar-refractivity contribution in [3.63, 3.8) is 0 Å². The maximum atomic E-state index is 11.3. The molecular weight excluding hydrogens is 340 g/mol. The average molecular weight is 385 g/mol. The van der Waals surface area contributed by atoms with E-state index in [1.807, 2.05) is 6.92 Å². The third kappa shape index (κ3) is 19.5. The van der Waals surface area contributed by atoms with Crippen molar-refractivity contribution < 1.29 is 19.1 Å². The van der Waals surface area contributed by atoms with Crippen LogP contribution < -0.4 is 0 Å². The second-order valence-corrected chi connectivity index (χ2v) is 7.58. The van der Waals surface area contributed by atoms with Crippen LogP contribution in [-0.4, -0.2) is 25.2 Å². The first-order valence-electron chi connectivity index (χ1n) is 11.6. The van der Waals surface area contributed by atoms with Gasteiger partial charge in [0.05, 0.1) is 13.2 Å². The van der Waals surface area contributed by atoms with E-state index in [-0.39, 0.29) is 6.61 Å². The van der Waals surface area contributed by atoms with Gasteiger partial charge < -0.3 is 9.47 Å². The summed E-state index contributed by atoms with van der Waals surface area (Å²) in [5.74, 6) is -1.72. The van der Waals surface area contributed by atoms with Crippen LogP contribution in [0.5, 0.6) is 0 Å². The number of carbonyl (C=O) groups is 2. The van der Waals surface area contributed by atoms with Crippen LogP contribution in [0.15, 0.2) is 0 Å². The van der Waals surface area contributed by atoms with E-state index in [1.54, 1.807) is 0 Å². The van der Waals surface area contributed by atoms with Gasteiger partial charge in [-0.1, -0.05) is 110 Å². The lowest BCUT2D eigenvalue weighted by atomic mass is 10.0. The highest BCUT2D eigenvalue weighted by atomic mass is 16.6. The molecule has 0 aliphatic heterocycles. The Morgan fingerprint density at radius 1 is 0.444 bits per heavy atom. The summed E-state index contributed by atoms with van der Waals surface area (Å²) >= 11 is 0. The molecular formula is C23H44O4. The van der Waals surface area contributed by atoms with Crippen molar-refractivity contribution in [1.29, 1.82) is 0 Å². The smallest absolute Gasteiger partial charge is 0.417 e. The molecule has 27 heavy (non-hydrogen) atoms. The highest BCUT2D eigenvalue weighted by Crippen LogP contribution is 2.13. The summed E-state index contributed by atoms with van der Waals surface area (Å²) in [5, 5.41) is 0. The van der Waals surface area contributed by atoms with E-state index < -0.39 is 11.9 Å². The molecule has 160 valence electrons. The Labute approximate surface area is 167 Å². The number of rotatable bonds is 19. The lowest BCUT2D eigenvalue weighted by molar-refractivity contribution is -0.167. The molecule has 0 rings (SSSR count). The van der Waals surface area contributed by atoms with Gasteiger partial charge in [-0.15, -0.1) is 0 Å². The van der Waals surface area contributed by atoms with Crippen LogP contribution in [0.3, 0.4) is 0 Å². The zero-order chi connectivity index (χ0) is 20.0. The van der Waals surface area contributed by atoms with Gasteiger partial charge in [-0.05, 0) is 12.8 Å². The second kappa shape index (κ2) is 21.2. The van der Waals surface area contributed by atoms with Crippen LogP contribution in [0, 0.1) is 0 Å². The Morgan fingerprint density at radius 2 is 0.778 bits per heavy atom. The fraction of sp³-hybridized carbons (Fsp3) is 0.913. The van der Waals surface area contributed by atoms with Crippen molar-refractivity contribution in [2.75, 3.05) is 13.2 Å². The topological polar surface area (TPSA) is 52.6 Å².